The van der Waals surface area contributed by atoms with Crippen molar-refractivity contribution >= 4 is 21.9 Å². The summed E-state index contributed by atoms with van der Waals surface area (Å²) in [6, 6.07) is 4.28. The van der Waals surface area contributed by atoms with Crippen LogP contribution in [0, 0.1) is 5.82 Å². The maximum atomic E-state index is 13.4. The van der Waals surface area contributed by atoms with E-state index in [1.165, 1.54) is 26.0 Å². The van der Waals surface area contributed by atoms with Gasteiger partial charge in [0.1, 0.15) is 5.82 Å². The zero-order chi connectivity index (χ0) is 10.9. The number of carboxylic acid groups (broad SMARTS) is 1. The van der Waals surface area contributed by atoms with Crippen molar-refractivity contribution in [2.75, 3.05) is 0 Å². The first-order chi connectivity index (χ1) is 6.35. The SMILES string of the molecule is CC(C)(C(=O)[O-])c1ccc(Br)cc1F. The third-order valence-corrected chi connectivity index (χ3v) is 2.61. The third kappa shape index (κ3) is 1.95. The first-order valence-electron chi connectivity index (χ1n) is 4.02. The Bertz CT molecular complexity index is 374. The Morgan fingerprint density at radius 1 is 1.50 bits per heavy atom. The number of carbonyl (C=O) groups excluding carboxylic acids is 1. The highest BCUT2D eigenvalue weighted by Gasteiger charge is 2.25. The van der Waals surface area contributed by atoms with E-state index in [9.17, 15) is 14.3 Å². The minimum absolute atomic E-state index is 0.126. The summed E-state index contributed by atoms with van der Waals surface area (Å²) in [6.07, 6.45) is 0. The molecule has 0 fully saturated rings. The van der Waals surface area contributed by atoms with Crippen molar-refractivity contribution in [3.63, 3.8) is 0 Å². The van der Waals surface area contributed by atoms with Gasteiger partial charge in [0.15, 0.2) is 0 Å². The van der Waals surface area contributed by atoms with Crippen LogP contribution in [0.25, 0.3) is 0 Å². The molecule has 1 rings (SSSR count). The maximum Gasteiger partial charge on any atom is 0.128 e. The monoisotopic (exact) mass is 259 g/mol. The van der Waals surface area contributed by atoms with Crippen LogP contribution in [0.5, 0.6) is 0 Å². The molecule has 0 spiro atoms. The van der Waals surface area contributed by atoms with Gasteiger partial charge in [-0.05, 0) is 17.7 Å². The fourth-order valence-corrected chi connectivity index (χ4v) is 1.44. The molecule has 0 amide bonds. The van der Waals surface area contributed by atoms with Crippen molar-refractivity contribution in [2.24, 2.45) is 0 Å². The molecule has 76 valence electrons. The molecule has 1 aromatic rings. The molecular formula is C10H9BrFO2-. The lowest BCUT2D eigenvalue weighted by molar-refractivity contribution is -0.312. The summed E-state index contributed by atoms with van der Waals surface area (Å²) in [5.41, 5.74) is -1.19. The summed E-state index contributed by atoms with van der Waals surface area (Å²) >= 11 is 3.10. The Balaban J connectivity index is 3.26. The number of carbonyl (C=O) groups is 1. The average molecular weight is 260 g/mol. The molecule has 0 aromatic heterocycles. The van der Waals surface area contributed by atoms with E-state index in [1.807, 2.05) is 0 Å². The fourth-order valence-electron chi connectivity index (χ4n) is 1.11. The van der Waals surface area contributed by atoms with Gasteiger partial charge in [0.2, 0.25) is 0 Å². The fraction of sp³-hybridized carbons (Fsp3) is 0.300. The highest BCUT2D eigenvalue weighted by molar-refractivity contribution is 9.10. The topological polar surface area (TPSA) is 40.1 Å². The van der Waals surface area contributed by atoms with E-state index >= 15 is 0 Å². The molecule has 0 aliphatic heterocycles. The van der Waals surface area contributed by atoms with E-state index in [2.05, 4.69) is 15.9 Å². The van der Waals surface area contributed by atoms with Crippen LogP contribution in [0.3, 0.4) is 0 Å². The van der Waals surface area contributed by atoms with Gasteiger partial charge in [-0.2, -0.15) is 0 Å². The number of benzene rings is 1. The molecule has 0 heterocycles. The summed E-state index contributed by atoms with van der Waals surface area (Å²) in [7, 11) is 0. The smallest absolute Gasteiger partial charge is 0.128 e. The lowest BCUT2D eigenvalue weighted by Gasteiger charge is -2.26. The van der Waals surface area contributed by atoms with Gasteiger partial charge in [-0.1, -0.05) is 35.8 Å². The Hall–Kier alpha value is -0.900. The largest absolute Gasteiger partial charge is 0.549 e. The van der Waals surface area contributed by atoms with Crippen LogP contribution in [0.2, 0.25) is 0 Å². The third-order valence-electron chi connectivity index (χ3n) is 2.11. The van der Waals surface area contributed by atoms with Gasteiger partial charge in [0.05, 0.1) is 5.97 Å². The molecule has 0 N–H and O–H groups in total. The van der Waals surface area contributed by atoms with E-state index in [4.69, 9.17) is 0 Å². The van der Waals surface area contributed by atoms with E-state index in [0.717, 1.165) is 0 Å². The second-order valence-electron chi connectivity index (χ2n) is 3.54. The Morgan fingerprint density at radius 2 is 2.07 bits per heavy atom. The lowest BCUT2D eigenvalue weighted by atomic mass is 9.84. The summed E-state index contributed by atoms with van der Waals surface area (Å²) < 4.78 is 14.0. The standard InChI is InChI=1S/C10H10BrFO2/c1-10(2,9(13)14)7-4-3-6(11)5-8(7)12/h3-5H,1-2H3,(H,13,14)/p-1. The molecule has 1 aromatic carbocycles. The molecular weight excluding hydrogens is 251 g/mol. The second-order valence-corrected chi connectivity index (χ2v) is 4.45. The number of halogens is 2. The summed E-state index contributed by atoms with van der Waals surface area (Å²) in [6.45, 7) is 2.82. The van der Waals surface area contributed by atoms with E-state index in [1.54, 1.807) is 6.07 Å². The van der Waals surface area contributed by atoms with Crippen molar-refractivity contribution in [2.45, 2.75) is 19.3 Å². The average Bonchev–Trinajstić information content (AvgIpc) is 2.02. The van der Waals surface area contributed by atoms with Crippen molar-refractivity contribution in [1.29, 1.82) is 0 Å². The minimum atomic E-state index is -1.31. The van der Waals surface area contributed by atoms with Gasteiger partial charge < -0.3 is 9.90 Å². The van der Waals surface area contributed by atoms with E-state index in [-0.39, 0.29) is 5.56 Å². The summed E-state index contributed by atoms with van der Waals surface area (Å²) in [4.78, 5) is 10.8. The van der Waals surface area contributed by atoms with Crippen LogP contribution in [0.1, 0.15) is 19.4 Å². The van der Waals surface area contributed by atoms with Crippen LogP contribution in [0.15, 0.2) is 22.7 Å². The van der Waals surface area contributed by atoms with Crippen LogP contribution in [-0.4, -0.2) is 5.97 Å². The molecule has 0 aliphatic rings. The van der Waals surface area contributed by atoms with Crippen molar-refractivity contribution < 1.29 is 14.3 Å². The molecule has 0 aliphatic carbocycles. The predicted molar refractivity (Wildman–Crippen MR) is 52.1 cm³/mol. The lowest BCUT2D eigenvalue weighted by Crippen LogP contribution is -2.41. The molecule has 14 heavy (non-hydrogen) atoms. The van der Waals surface area contributed by atoms with Crippen LogP contribution in [-0.2, 0) is 10.2 Å². The highest BCUT2D eigenvalue weighted by Crippen LogP contribution is 2.27. The highest BCUT2D eigenvalue weighted by atomic mass is 79.9. The normalized spacial score (nSPS) is 11.4. The Morgan fingerprint density at radius 3 is 2.50 bits per heavy atom. The van der Waals surface area contributed by atoms with Crippen LogP contribution in [0.4, 0.5) is 4.39 Å². The van der Waals surface area contributed by atoms with Gasteiger partial charge >= 0.3 is 0 Å². The van der Waals surface area contributed by atoms with Crippen molar-refractivity contribution in [3.05, 3.63) is 34.1 Å². The summed E-state index contributed by atoms with van der Waals surface area (Å²) in [5.74, 6) is -1.84. The zero-order valence-electron chi connectivity index (χ0n) is 7.80. The molecule has 0 bridgehead atoms. The van der Waals surface area contributed by atoms with Gasteiger partial charge in [0, 0.05) is 9.89 Å². The van der Waals surface area contributed by atoms with Gasteiger partial charge in [-0.3, -0.25) is 0 Å². The van der Waals surface area contributed by atoms with Gasteiger partial charge in [-0.15, -0.1) is 0 Å². The van der Waals surface area contributed by atoms with Gasteiger partial charge in [-0.25, -0.2) is 4.39 Å². The Labute approximate surface area is 89.9 Å². The summed E-state index contributed by atoms with van der Waals surface area (Å²) in [5, 5.41) is 10.8. The first kappa shape index (κ1) is 11.2. The predicted octanol–water partition coefficient (Wildman–Crippen LogP) is 1.62. The number of aliphatic carboxylic acids is 1. The molecule has 0 radical (unpaired) electrons. The molecule has 0 unspecified atom stereocenters. The molecule has 2 nitrogen and oxygen atoms in total. The van der Waals surface area contributed by atoms with Crippen molar-refractivity contribution in [1.82, 2.24) is 0 Å². The number of carboxylic acids is 1. The van der Waals surface area contributed by atoms with Gasteiger partial charge in [0.25, 0.3) is 0 Å². The quantitative estimate of drug-likeness (QED) is 0.810. The molecule has 0 saturated heterocycles. The van der Waals surface area contributed by atoms with Crippen LogP contribution < -0.4 is 5.11 Å². The first-order valence-corrected chi connectivity index (χ1v) is 4.82. The molecule has 0 atom stereocenters. The van der Waals surface area contributed by atoms with E-state index in [0.29, 0.717) is 4.47 Å². The van der Waals surface area contributed by atoms with E-state index < -0.39 is 17.2 Å². The number of hydrogen-bond donors (Lipinski definition) is 0. The molecule has 4 heteroatoms. The maximum absolute atomic E-state index is 13.4. The second kappa shape index (κ2) is 3.69. The molecule has 0 saturated carbocycles. The zero-order valence-corrected chi connectivity index (χ0v) is 9.39. The number of hydrogen-bond acceptors (Lipinski definition) is 2. The van der Waals surface area contributed by atoms with Crippen LogP contribution >= 0.6 is 15.9 Å². The minimum Gasteiger partial charge on any atom is -0.549 e. The van der Waals surface area contributed by atoms with Crippen molar-refractivity contribution in [3.8, 4) is 0 Å². The number of rotatable bonds is 2. The Kier molecular flexibility index (Phi) is 2.95.